The van der Waals surface area contributed by atoms with Gasteiger partial charge in [-0.2, -0.15) is 0 Å². The van der Waals surface area contributed by atoms with Gasteiger partial charge in [0.1, 0.15) is 18.5 Å². The third-order valence-electron chi connectivity index (χ3n) is 2.85. The van der Waals surface area contributed by atoms with Crippen LogP contribution in [0.25, 0.3) is 0 Å². The second-order valence-electron chi connectivity index (χ2n) is 4.47. The Morgan fingerprint density at radius 2 is 1.82 bits per heavy atom. The second-order valence-corrected chi connectivity index (χ2v) is 4.47. The van der Waals surface area contributed by atoms with Crippen molar-refractivity contribution >= 4 is 0 Å². The molecule has 0 bridgehead atoms. The summed E-state index contributed by atoms with van der Waals surface area (Å²) in [7, 11) is 0. The Labute approximate surface area is 104 Å². The van der Waals surface area contributed by atoms with Crippen molar-refractivity contribution in [2.75, 3.05) is 19.7 Å². The molecule has 0 aliphatic heterocycles. The van der Waals surface area contributed by atoms with Gasteiger partial charge in [0, 0.05) is 6.54 Å². The maximum Gasteiger partial charge on any atom is 0.122 e. The van der Waals surface area contributed by atoms with Gasteiger partial charge in [-0.15, -0.1) is 0 Å². The van der Waals surface area contributed by atoms with E-state index in [1.165, 1.54) is 11.1 Å². The van der Waals surface area contributed by atoms with E-state index in [9.17, 15) is 5.11 Å². The van der Waals surface area contributed by atoms with E-state index in [0.29, 0.717) is 13.2 Å². The van der Waals surface area contributed by atoms with Crippen molar-refractivity contribution in [2.45, 2.75) is 33.8 Å². The fourth-order valence-corrected chi connectivity index (χ4v) is 1.65. The molecule has 0 aliphatic carbocycles. The number of aliphatic hydroxyl groups is 1. The van der Waals surface area contributed by atoms with E-state index in [0.717, 1.165) is 17.9 Å². The van der Waals surface area contributed by atoms with E-state index in [2.05, 4.69) is 25.2 Å². The minimum atomic E-state index is -0.462. The standard InChI is InChI=1S/C14H23NO2/c1-5-15-8-13(16)9-17-14-7-11(3)10(2)6-12(14)4/h6-7,13,15-16H,5,8-9H2,1-4H3. The van der Waals surface area contributed by atoms with E-state index in [4.69, 9.17) is 4.74 Å². The highest BCUT2D eigenvalue weighted by molar-refractivity contribution is 5.40. The van der Waals surface area contributed by atoms with Gasteiger partial charge in [0.15, 0.2) is 0 Å². The molecule has 0 spiro atoms. The summed E-state index contributed by atoms with van der Waals surface area (Å²) >= 11 is 0. The lowest BCUT2D eigenvalue weighted by atomic mass is 10.1. The summed E-state index contributed by atoms with van der Waals surface area (Å²) in [5.74, 6) is 0.864. The van der Waals surface area contributed by atoms with Crippen LogP contribution in [0.4, 0.5) is 0 Å². The molecule has 2 N–H and O–H groups in total. The molecule has 0 amide bonds. The third-order valence-corrected chi connectivity index (χ3v) is 2.85. The Hall–Kier alpha value is -1.06. The van der Waals surface area contributed by atoms with Crippen molar-refractivity contribution < 1.29 is 9.84 Å². The van der Waals surface area contributed by atoms with Crippen molar-refractivity contribution in [1.29, 1.82) is 0 Å². The summed E-state index contributed by atoms with van der Waals surface area (Å²) in [6.45, 7) is 9.96. The number of aliphatic hydroxyl groups excluding tert-OH is 1. The molecule has 1 atom stereocenters. The number of ether oxygens (including phenoxy) is 1. The topological polar surface area (TPSA) is 41.5 Å². The highest BCUT2D eigenvalue weighted by Gasteiger charge is 2.07. The first-order valence-electron chi connectivity index (χ1n) is 6.14. The lowest BCUT2D eigenvalue weighted by Gasteiger charge is -2.15. The Kier molecular flexibility index (Phi) is 5.45. The van der Waals surface area contributed by atoms with Crippen molar-refractivity contribution in [3.8, 4) is 5.75 Å². The normalized spacial score (nSPS) is 12.5. The summed E-state index contributed by atoms with van der Waals surface area (Å²) in [6, 6.07) is 4.14. The molecule has 1 aromatic carbocycles. The fourth-order valence-electron chi connectivity index (χ4n) is 1.65. The summed E-state index contributed by atoms with van der Waals surface area (Å²) in [6.07, 6.45) is -0.462. The van der Waals surface area contributed by atoms with Gasteiger partial charge in [-0.25, -0.2) is 0 Å². The quantitative estimate of drug-likeness (QED) is 0.794. The first-order valence-corrected chi connectivity index (χ1v) is 6.14. The molecule has 17 heavy (non-hydrogen) atoms. The lowest BCUT2D eigenvalue weighted by molar-refractivity contribution is 0.106. The Bertz CT molecular complexity index is 363. The van der Waals surface area contributed by atoms with Crippen LogP contribution in [0.1, 0.15) is 23.6 Å². The lowest BCUT2D eigenvalue weighted by Crippen LogP contribution is -2.31. The van der Waals surface area contributed by atoms with Crippen LogP contribution in [0.15, 0.2) is 12.1 Å². The summed E-state index contributed by atoms with van der Waals surface area (Å²) < 4.78 is 5.64. The van der Waals surface area contributed by atoms with E-state index in [1.807, 2.05) is 19.9 Å². The molecule has 0 aromatic heterocycles. The van der Waals surface area contributed by atoms with Crippen LogP contribution in [0.3, 0.4) is 0 Å². The summed E-state index contributed by atoms with van der Waals surface area (Å²) in [5.41, 5.74) is 3.60. The molecule has 1 aromatic rings. The predicted octanol–water partition coefficient (Wildman–Crippen LogP) is 1.96. The maximum absolute atomic E-state index is 9.67. The fraction of sp³-hybridized carbons (Fsp3) is 0.571. The number of hydrogen-bond acceptors (Lipinski definition) is 3. The average Bonchev–Trinajstić information content (AvgIpc) is 2.29. The Morgan fingerprint density at radius 3 is 2.47 bits per heavy atom. The van der Waals surface area contributed by atoms with Crippen LogP contribution < -0.4 is 10.1 Å². The third kappa shape index (κ3) is 4.36. The molecular formula is C14H23NO2. The van der Waals surface area contributed by atoms with Gasteiger partial charge in [-0.3, -0.25) is 0 Å². The van der Waals surface area contributed by atoms with Crippen LogP contribution in [-0.2, 0) is 0 Å². The molecule has 0 saturated carbocycles. The van der Waals surface area contributed by atoms with Crippen molar-refractivity contribution in [3.63, 3.8) is 0 Å². The molecular weight excluding hydrogens is 214 g/mol. The van der Waals surface area contributed by atoms with Gasteiger partial charge in [-0.05, 0) is 50.1 Å². The minimum Gasteiger partial charge on any atom is -0.491 e. The number of likely N-dealkylation sites (N-methyl/N-ethyl adjacent to an activating group) is 1. The molecule has 1 unspecified atom stereocenters. The van der Waals surface area contributed by atoms with Crippen LogP contribution in [0.5, 0.6) is 5.75 Å². The number of rotatable bonds is 6. The average molecular weight is 237 g/mol. The SMILES string of the molecule is CCNCC(O)COc1cc(C)c(C)cc1C. The van der Waals surface area contributed by atoms with Crippen LogP contribution >= 0.6 is 0 Å². The summed E-state index contributed by atoms with van der Waals surface area (Å²) in [4.78, 5) is 0. The van der Waals surface area contributed by atoms with Gasteiger partial charge >= 0.3 is 0 Å². The molecule has 96 valence electrons. The molecule has 3 heteroatoms. The van der Waals surface area contributed by atoms with Gasteiger partial charge in [0.25, 0.3) is 0 Å². The van der Waals surface area contributed by atoms with Crippen LogP contribution in [-0.4, -0.2) is 30.9 Å². The molecule has 0 heterocycles. The molecule has 0 radical (unpaired) electrons. The van der Waals surface area contributed by atoms with Crippen molar-refractivity contribution in [2.24, 2.45) is 0 Å². The van der Waals surface area contributed by atoms with Crippen molar-refractivity contribution in [1.82, 2.24) is 5.32 Å². The smallest absolute Gasteiger partial charge is 0.122 e. The van der Waals surface area contributed by atoms with E-state index in [-0.39, 0.29) is 0 Å². The van der Waals surface area contributed by atoms with E-state index < -0.39 is 6.10 Å². The van der Waals surface area contributed by atoms with E-state index in [1.54, 1.807) is 0 Å². The monoisotopic (exact) mass is 237 g/mol. The van der Waals surface area contributed by atoms with Crippen LogP contribution in [0, 0.1) is 20.8 Å². The minimum absolute atomic E-state index is 0.330. The molecule has 1 rings (SSSR count). The Morgan fingerprint density at radius 1 is 1.18 bits per heavy atom. The predicted molar refractivity (Wildman–Crippen MR) is 70.7 cm³/mol. The van der Waals surface area contributed by atoms with E-state index >= 15 is 0 Å². The number of nitrogens with one attached hydrogen (secondary N) is 1. The Balaban J connectivity index is 2.54. The largest absolute Gasteiger partial charge is 0.491 e. The van der Waals surface area contributed by atoms with Gasteiger partial charge in [-0.1, -0.05) is 13.0 Å². The number of hydrogen-bond donors (Lipinski definition) is 2. The highest BCUT2D eigenvalue weighted by Crippen LogP contribution is 2.22. The number of benzene rings is 1. The van der Waals surface area contributed by atoms with Gasteiger partial charge in [0.2, 0.25) is 0 Å². The zero-order chi connectivity index (χ0) is 12.8. The van der Waals surface area contributed by atoms with Gasteiger partial charge < -0.3 is 15.2 Å². The molecule has 0 aliphatic rings. The molecule has 0 saturated heterocycles. The van der Waals surface area contributed by atoms with Crippen molar-refractivity contribution in [3.05, 3.63) is 28.8 Å². The first-order chi connectivity index (χ1) is 8.04. The van der Waals surface area contributed by atoms with Gasteiger partial charge in [0.05, 0.1) is 0 Å². The van der Waals surface area contributed by atoms with Crippen LogP contribution in [0.2, 0.25) is 0 Å². The number of aryl methyl sites for hydroxylation is 3. The first kappa shape index (κ1) is 14.0. The second kappa shape index (κ2) is 6.62. The zero-order valence-electron chi connectivity index (χ0n) is 11.2. The molecule has 0 fully saturated rings. The summed E-state index contributed by atoms with van der Waals surface area (Å²) in [5, 5.41) is 12.8. The highest BCUT2D eigenvalue weighted by atomic mass is 16.5. The maximum atomic E-state index is 9.67. The zero-order valence-corrected chi connectivity index (χ0v) is 11.2. The molecule has 3 nitrogen and oxygen atoms in total.